The highest BCUT2D eigenvalue weighted by molar-refractivity contribution is 6.31. The molecule has 0 aliphatic carbocycles. The topological polar surface area (TPSA) is 127 Å². The van der Waals surface area contributed by atoms with Crippen LogP contribution in [0, 0.1) is 12.3 Å². The number of carboxylic acid groups (broad SMARTS) is 2. The van der Waals surface area contributed by atoms with Gasteiger partial charge >= 0.3 is 11.9 Å². The molecule has 0 bridgehead atoms. The van der Waals surface area contributed by atoms with Gasteiger partial charge in [0.05, 0.1) is 0 Å². The van der Waals surface area contributed by atoms with Gasteiger partial charge in [0.1, 0.15) is 5.69 Å². The fourth-order valence-electron chi connectivity index (χ4n) is 2.52. The Balaban J connectivity index is 0.000000321. The summed E-state index contributed by atoms with van der Waals surface area (Å²) >= 11 is 5.97. The minimum Gasteiger partial charge on any atom is -0.478 e. The van der Waals surface area contributed by atoms with Crippen LogP contribution in [0.3, 0.4) is 0 Å². The molecule has 3 rings (SSSR count). The molecule has 4 N–H and O–H groups in total. The molecule has 3 aromatic rings. The quantitative estimate of drug-likeness (QED) is 0.428. The molecule has 0 amide bonds. The number of aromatic nitrogens is 1. The first-order valence-electron chi connectivity index (χ1n) is 8.30. The Morgan fingerprint density at radius 3 is 2.48 bits per heavy atom. The molecule has 148 valence electrons. The van der Waals surface area contributed by atoms with E-state index in [4.69, 9.17) is 38.5 Å². The van der Waals surface area contributed by atoms with Gasteiger partial charge in [-0.1, -0.05) is 41.0 Å². The average molecular weight is 413 g/mol. The maximum atomic E-state index is 9.55. The molecule has 1 unspecified atom stereocenters. The number of carboxylic acids is 2. The zero-order valence-corrected chi connectivity index (χ0v) is 15.8. The Kier molecular flexibility index (Phi) is 7.54. The number of rotatable bonds is 5. The summed E-state index contributed by atoms with van der Waals surface area (Å²) in [6.45, 7) is 0. The molecule has 0 saturated heterocycles. The van der Waals surface area contributed by atoms with Crippen molar-refractivity contribution >= 4 is 34.5 Å². The largest absolute Gasteiger partial charge is 0.478 e. The van der Waals surface area contributed by atoms with Gasteiger partial charge in [0, 0.05) is 46.7 Å². The number of halogens is 1. The van der Waals surface area contributed by atoms with E-state index in [1.165, 1.54) is 0 Å². The first kappa shape index (κ1) is 21.7. The molecule has 0 aliphatic heterocycles. The van der Waals surface area contributed by atoms with Crippen LogP contribution in [0.15, 0.2) is 59.1 Å². The molecular weight excluding hydrogens is 396 g/mol. The minimum atomic E-state index is -1.26. The Labute approximate surface area is 171 Å². The normalized spacial score (nSPS) is 11.5. The van der Waals surface area contributed by atoms with Crippen molar-refractivity contribution in [3.8, 4) is 23.6 Å². The van der Waals surface area contributed by atoms with E-state index in [1.54, 1.807) is 6.07 Å². The summed E-state index contributed by atoms with van der Waals surface area (Å²) in [5.74, 6) is 0.0827. The number of carbonyl (C=O) groups is 2. The lowest BCUT2D eigenvalue weighted by Crippen LogP contribution is -2.10. The van der Waals surface area contributed by atoms with Gasteiger partial charge in [0.2, 0.25) is 0 Å². The van der Waals surface area contributed by atoms with Crippen LogP contribution in [0.25, 0.3) is 22.2 Å². The number of benzene rings is 2. The summed E-state index contributed by atoms with van der Waals surface area (Å²) < 4.78 is 5.36. The van der Waals surface area contributed by atoms with Gasteiger partial charge in [0.15, 0.2) is 5.58 Å². The van der Waals surface area contributed by atoms with Crippen molar-refractivity contribution in [1.82, 2.24) is 5.16 Å². The first-order chi connectivity index (χ1) is 13.8. The number of hydrogen-bond acceptors (Lipinski definition) is 5. The van der Waals surface area contributed by atoms with E-state index in [9.17, 15) is 9.59 Å². The second-order valence-electron chi connectivity index (χ2n) is 5.78. The van der Waals surface area contributed by atoms with Crippen molar-refractivity contribution in [3.05, 3.63) is 65.2 Å². The molecule has 0 spiro atoms. The molecule has 29 heavy (non-hydrogen) atoms. The summed E-state index contributed by atoms with van der Waals surface area (Å²) in [7, 11) is 0. The zero-order valence-electron chi connectivity index (χ0n) is 15.1. The van der Waals surface area contributed by atoms with E-state index in [1.807, 2.05) is 36.4 Å². The summed E-state index contributed by atoms with van der Waals surface area (Å²) in [4.78, 5) is 19.1. The van der Waals surface area contributed by atoms with E-state index >= 15 is 0 Å². The van der Waals surface area contributed by atoms with Crippen molar-refractivity contribution in [2.75, 3.05) is 0 Å². The van der Waals surface area contributed by atoms with Crippen LogP contribution in [0.4, 0.5) is 0 Å². The van der Waals surface area contributed by atoms with E-state index < -0.39 is 11.9 Å². The van der Waals surface area contributed by atoms with Gasteiger partial charge in [-0.3, -0.25) is 0 Å². The van der Waals surface area contributed by atoms with Crippen molar-refractivity contribution < 1.29 is 24.3 Å². The van der Waals surface area contributed by atoms with Gasteiger partial charge < -0.3 is 20.5 Å². The predicted molar refractivity (Wildman–Crippen MR) is 109 cm³/mol. The van der Waals surface area contributed by atoms with E-state index in [-0.39, 0.29) is 6.04 Å². The lowest BCUT2D eigenvalue weighted by atomic mass is 9.95. The molecule has 8 heteroatoms. The molecule has 2 aromatic carbocycles. The van der Waals surface area contributed by atoms with Crippen LogP contribution in [-0.4, -0.2) is 27.3 Å². The lowest BCUT2D eigenvalue weighted by Gasteiger charge is -2.12. The highest BCUT2D eigenvalue weighted by Gasteiger charge is 2.17. The zero-order chi connectivity index (χ0) is 21.4. The molecule has 1 aromatic heterocycles. The summed E-state index contributed by atoms with van der Waals surface area (Å²) in [5.41, 5.74) is 9.45. The van der Waals surface area contributed by atoms with Crippen molar-refractivity contribution in [3.63, 3.8) is 0 Å². The van der Waals surface area contributed by atoms with E-state index in [2.05, 4.69) is 11.1 Å². The molecule has 0 fully saturated rings. The minimum absolute atomic E-state index is 0.231. The molecule has 0 radical (unpaired) electrons. The average Bonchev–Trinajstić information content (AvgIpc) is 3.10. The SMILES string of the molecule is C#CCC(N)c1ccccc1-c1noc2cc(Cl)ccc12.O=C(O)/C=C/C(=O)O. The summed E-state index contributed by atoms with van der Waals surface area (Å²) in [6.07, 6.45) is 6.95. The van der Waals surface area contributed by atoms with Gasteiger partial charge in [-0.15, -0.1) is 12.3 Å². The number of nitrogens with two attached hydrogens (primary N) is 1. The molecule has 7 nitrogen and oxygen atoms in total. The smallest absolute Gasteiger partial charge is 0.328 e. The standard InChI is InChI=1S/C17H13ClN2O.C4H4O4/c1-2-5-15(19)12-6-3-4-7-13(12)17-14-9-8-11(18)10-16(14)21-20-17;5-3(6)1-2-4(7)8/h1,3-4,6-10,15H,5,19H2;1-2H,(H,5,6)(H,7,8)/b;2-1+. The third kappa shape index (κ3) is 5.94. The third-order valence-corrected chi connectivity index (χ3v) is 3.99. The van der Waals surface area contributed by atoms with Gasteiger partial charge in [-0.2, -0.15) is 0 Å². The Hall–Kier alpha value is -3.60. The number of nitrogens with zero attached hydrogens (tertiary/aromatic N) is 1. The van der Waals surface area contributed by atoms with Gasteiger partial charge in [-0.05, 0) is 17.7 Å². The van der Waals surface area contributed by atoms with Crippen LogP contribution >= 0.6 is 11.6 Å². The van der Waals surface area contributed by atoms with Crippen LogP contribution in [0.1, 0.15) is 18.0 Å². The van der Waals surface area contributed by atoms with Crippen molar-refractivity contribution in [1.29, 1.82) is 0 Å². The van der Waals surface area contributed by atoms with Crippen LogP contribution in [0.2, 0.25) is 5.02 Å². The van der Waals surface area contributed by atoms with E-state index in [0.29, 0.717) is 29.2 Å². The van der Waals surface area contributed by atoms with Crippen LogP contribution < -0.4 is 5.73 Å². The van der Waals surface area contributed by atoms with Gasteiger partial charge in [0.25, 0.3) is 0 Å². The summed E-state index contributed by atoms with van der Waals surface area (Å²) in [5, 5.41) is 21.3. The number of fused-ring (bicyclic) bond motifs is 1. The number of hydrogen-bond donors (Lipinski definition) is 3. The molecular formula is C21H17ClN2O5. The number of terminal acetylenes is 1. The van der Waals surface area contributed by atoms with Crippen molar-refractivity contribution in [2.45, 2.75) is 12.5 Å². The molecule has 1 heterocycles. The van der Waals surface area contributed by atoms with E-state index in [0.717, 1.165) is 22.2 Å². The second-order valence-corrected chi connectivity index (χ2v) is 6.22. The maximum Gasteiger partial charge on any atom is 0.328 e. The van der Waals surface area contributed by atoms with Crippen molar-refractivity contribution in [2.24, 2.45) is 5.73 Å². The molecule has 1 atom stereocenters. The Morgan fingerprint density at radius 1 is 1.21 bits per heavy atom. The van der Waals surface area contributed by atoms with Crippen LogP contribution in [0.5, 0.6) is 0 Å². The third-order valence-electron chi connectivity index (χ3n) is 3.76. The Morgan fingerprint density at radius 2 is 1.86 bits per heavy atom. The number of aliphatic carboxylic acids is 2. The highest BCUT2D eigenvalue weighted by atomic mass is 35.5. The lowest BCUT2D eigenvalue weighted by molar-refractivity contribution is -0.134. The maximum absolute atomic E-state index is 9.55. The molecule has 0 saturated carbocycles. The fraction of sp³-hybridized carbons (Fsp3) is 0.0952. The highest BCUT2D eigenvalue weighted by Crippen LogP contribution is 2.34. The first-order valence-corrected chi connectivity index (χ1v) is 8.68. The fourth-order valence-corrected chi connectivity index (χ4v) is 2.68. The summed E-state index contributed by atoms with van der Waals surface area (Å²) in [6, 6.07) is 13.0. The monoisotopic (exact) mass is 412 g/mol. The van der Waals surface area contributed by atoms with Crippen LogP contribution in [-0.2, 0) is 9.59 Å². The Bertz CT molecular complexity index is 1080. The predicted octanol–water partition coefficient (Wildman–Crippen LogP) is 3.88. The molecule has 0 aliphatic rings. The van der Waals surface area contributed by atoms with Gasteiger partial charge in [-0.25, -0.2) is 9.59 Å². The second kappa shape index (κ2) is 10.1.